The number of aromatic amines is 1. The molecule has 148 valence electrons. The number of nitrogens with zero attached hydrogens (tertiary/aromatic N) is 3. The highest BCUT2D eigenvalue weighted by molar-refractivity contribution is 7.89. The topological polar surface area (TPSA) is 115 Å². The fourth-order valence-electron chi connectivity index (χ4n) is 3.79. The van der Waals surface area contributed by atoms with Crippen LogP contribution in [0, 0.1) is 0 Å². The highest BCUT2D eigenvalue weighted by atomic mass is 32.2. The van der Waals surface area contributed by atoms with Gasteiger partial charge in [-0.3, -0.25) is 14.5 Å². The van der Waals surface area contributed by atoms with Gasteiger partial charge in [-0.05, 0) is 24.6 Å². The number of amides is 1. The van der Waals surface area contributed by atoms with Crippen molar-refractivity contribution in [3.63, 3.8) is 0 Å². The lowest BCUT2D eigenvalue weighted by Crippen LogP contribution is -2.57. The zero-order valence-corrected chi connectivity index (χ0v) is 15.9. The fraction of sp³-hybridized carbons (Fsp3) is 0.389. The summed E-state index contributed by atoms with van der Waals surface area (Å²) in [6.45, 7) is 2.07. The first-order valence-electron chi connectivity index (χ1n) is 9.10. The lowest BCUT2D eigenvalue weighted by Gasteiger charge is -2.39. The Labute approximate surface area is 162 Å². The molecule has 3 heterocycles. The van der Waals surface area contributed by atoms with Crippen LogP contribution >= 0.6 is 0 Å². The number of carbonyl (C=O) groups excluding carboxylic acids is 1. The Kier molecular flexibility index (Phi) is 5.00. The molecular weight excluding hydrogens is 382 g/mol. The van der Waals surface area contributed by atoms with Crippen LogP contribution in [0.25, 0.3) is 0 Å². The lowest BCUT2D eigenvalue weighted by atomic mass is 10.2. The standard InChI is InChI=1S/C18H21N5O4S/c24-17-7-6-16(20-21-17)18(25)19-10-14-12-23(13-8-9-22(14)11-13)28(26,27)15-4-2-1-3-5-15/h1-7,13-14H,8-12H2,(H,19,25)(H,21,24)/t13-,14-/m0/s1. The number of rotatable bonds is 5. The number of nitrogens with one attached hydrogen (secondary N) is 2. The molecule has 0 spiro atoms. The molecule has 2 aliphatic heterocycles. The maximum absolute atomic E-state index is 13.1. The van der Waals surface area contributed by atoms with Crippen molar-refractivity contribution in [2.24, 2.45) is 0 Å². The van der Waals surface area contributed by atoms with Crippen LogP contribution in [0.5, 0.6) is 0 Å². The van der Waals surface area contributed by atoms with Gasteiger partial charge in [0.1, 0.15) is 5.69 Å². The summed E-state index contributed by atoms with van der Waals surface area (Å²) in [7, 11) is -3.58. The number of aromatic nitrogens is 2. The summed E-state index contributed by atoms with van der Waals surface area (Å²) >= 11 is 0. The van der Waals surface area contributed by atoms with Crippen molar-refractivity contribution in [1.82, 2.24) is 24.7 Å². The van der Waals surface area contributed by atoms with E-state index in [-0.39, 0.29) is 28.2 Å². The molecule has 4 rings (SSSR count). The number of carbonyl (C=O) groups is 1. The number of sulfonamides is 1. The Morgan fingerprint density at radius 2 is 1.96 bits per heavy atom. The second-order valence-electron chi connectivity index (χ2n) is 7.00. The molecule has 3 atom stereocenters. The molecule has 1 aromatic heterocycles. The van der Waals surface area contributed by atoms with E-state index in [1.165, 1.54) is 12.1 Å². The van der Waals surface area contributed by atoms with E-state index in [1.54, 1.807) is 34.6 Å². The van der Waals surface area contributed by atoms with Gasteiger partial charge in [-0.1, -0.05) is 18.2 Å². The molecule has 9 nitrogen and oxygen atoms in total. The van der Waals surface area contributed by atoms with Crippen LogP contribution in [0.15, 0.2) is 52.2 Å². The van der Waals surface area contributed by atoms with E-state index < -0.39 is 15.9 Å². The van der Waals surface area contributed by atoms with Crippen molar-refractivity contribution >= 4 is 15.9 Å². The van der Waals surface area contributed by atoms with E-state index in [0.29, 0.717) is 19.6 Å². The van der Waals surface area contributed by atoms with Crippen LogP contribution in [0.3, 0.4) is 0 Å². The van der Waals surface area contributed by atoms with Crippen LogP contribution in [0.2, 0.25) is 0 Å². The van der Waals surface area contributed by atoms with Crippen LogP contribution in [0.4, 0.5) is 0 Å². The molecule has 28 heavy (non-hydrogen) atoms. The largest absolute Gasteiger partial charge is 0.349 e. The molecule has 1 aromatic carbocycles. The third-order valence-corrected chi connectivity index (χ3v) is 7.20. The number of fused-ring (bicyclic) bond motifs is 2. The number of piperazine rings is 1. The van der Waals surface area contributed by atoms with Crippen LogP contribution in [-0.4, -0.2) is 72.0 Å². The number of hydrogen-bond acceptors (Lipinski definition) is 6. The van der Waals surface area contributed by atoms with Gasteiger partial charge >= 0.3 is 0 Å². The second-order valence-corrected chi connectivity index (χ2v) is 8.89. The van der Waals surface area contributed by atoms with Crippen molar-refractivity contribution in [3.05, 3.63) is 58.5 Å². The molecule has 2 saturated heterocycles. The van der Waals surface area contributed by atoms with E-state index in [9.17, 15) is 18.0 Å². The minimum Gasteiger partial charge on any atom is -0.349 e. The smallest absolute Gasteiger partial charge is 0.271 e. The van der Waals surface area contributed by atoms with Gasteiger partial charge in [0.2, 0.25) is 10.0 Å². The summed E-state index contributed by atoms with van der Waals surface area (Å²) in [6.07, 6.45) is 0.776. The van der Waals surface area contributed by atoms with E-state index in [0.717, 1.165) is 13.0 Å². The Balaban J connectivity index is 1.47. The summed E-state index contributed by atoms with van der Waals surface area (Å²) in [5, 5.41) is 8.74. The zero-order chi connectivity index (χ0) is 19.7. The maximum atomic E-state index is 13.1. The van der Waals surface area contributed by atoms with Crippen molar-refractivity contribution in [2.75, 3.05) is 26.2 Å². The lowest BCUT2D eigenvalue weighted by molar-refractivity contribution is 0.0909. The molecule has 1 amide bonds. The molecule has 2 bridgehead atoms. The zero-order valence-electron chi connectivity index (χ0n) is 15.1. The van der Waals surface area contributed by atoms with Crippen molar-refractivity contribution in [1.29, 1.82) is 0 Å². The summed E-state index contributed by atoms with van der Waals surface area (Å²) in [4.78, 5) is 25.8. The predicted octanol–water partition coefficient (Wildman–Crippen LogP) is -0.353. The molecule has 0 saturated carbocycles. The predicted molar refractivity (Wildman–Crippen MR) is 101 cm³/mol. The summed E-state index contributed by atoms with van der Waals surface area (Å²) < 4.78 is 27.7. The van der Waals surface area contributed by atoms with Crippen LogP contribution in [-0.2, 0) is 10.0 Å². The normalized spacial score (nSPS) is 24.8. The van der Waals surface area contributed by atoms with E-state index >= 15 is 0 Å². The van der Waals surface area contributed by atoms with Crippen molar-refractivity contribution in [2.45, 2.75) is 23.4 Å². The minimum atomic E-state index is -3.58. The third kappa shape index (κ3) is 3.58. The number of H-pyrrole nitrogens is 1. The van der Waals surface area contributed by atoms with E-state index in [1.807, 2.05) is 0 Å². The highest BCUT2D eigenvalue weighted by Crippen LogP contribution is 2.29. The Hall–Kier alpha value is -2.56. The van der Waals surface area contributed by atoms with Gasteiger partial charge < -0.3 is 5.32 Å². The Morgan fingerprint density at radius 3 is 2.68 bits per heavy atom. The van der Waals surface area contributed by atoms with Gasteiger partial charge in [0.05, 0.1) is 4.90 Å². The van der Waals surface area contributed by atoms with Gasteiger partial charge in [-0.25, -0.2) is 13.5 Å². The van der Waals surface area contributed by atoms with Gasteiger partial charge in [-0.15, -0.1) is 0 Å². The first-order chi connectivity index (χ1) is 13.4. The van der Waals surface area contributed by atoms with E-state index in [4.69, 9.17) is 0 Å². The SMILES string of the molecule is O=C(NC[C@H]1CN(S(=O)(=O)c2ccccc2)[C@H]2CCN1C2)c1ccc(=O)[nH]n1. The monoisotopic (exact) mass is 403 g/mol. The van der Waals surface area contributed by atoms with Crippen LogP contribution < -0.4 is 10.9 Å². The van der Waals surface area contributed by atoms with Gasteiger partial charge in [-0.2, -0.15) is 9.40 Å². The first-order valence-corrected chi connectivity index (χ1v) is 10.5. The molecule has 0 radical (unpaired) electrons. The van der Waals surface area contributed by atoms with Crippen molar-refractivity contribution < 1.29 is 13.2 Å². The van der Waals surface area contributed by atoms with E-state index in [2.05, 4.69) is 20.4 Å². The van der Waals surface area contributed by atoms with Gasteiger partial charge in [0.25, 0.3) is 11.5 Å². The molecule has 2 N–H and O–H groups in total. The summed E-state index contributed by atoms with van der Waals surface area (Å²) in [5.74, 6) is -0.407. The molecule has 2 aromatic rings. The Morgan fingerprint density at radius 1 is 1.18 bits per heavy atom. The fourth-order valence-corrected chi connectivity index (χ4v) is 5.50. The number of hydrogen-bond donors (Lipinski definition) is 2. The minimum absolute atomic E-state index is 0.0435. The van der Waals surface area contributed by atoms with Gasteiger partial charge in [0.15, 0.2) is 0 Å². The first kappa shape index (κ1) is 18.8. The van der Waals surface area contributed by atoms with Crippen molar-refractivity contribution in [3.8, 4) is 0 Å². The second kappa shape index (κ2) is 7.46. The molecule has 1 unspecified atom stereocenters. The molecular formula is C18H21N5O4S. The van der Waals surface area contributed by atoms with Crippen LogP contribution in [0.1, 0.15) is 16.9 Å². The molecule has 2 fully saturated rings. The highest BCUT2D eigenvalue weighted by Gasteiger charge is 2.44. The Bertz CT molecular complexity index is 1000. The molecule has 2 aliphatic rings. The molecule has 10 heteroatoms. The summed E-state index contributed by atoms with van der Waals surface area (Å²) in [5.41, 5.74) is -0.267. The maximum Gasteiger partial charge on any atom is 0.271 e. The molecule has 0 aliphatic carbocycles. The summed E-state index contributed by atoms with van der Waals surface area (Å²) in [6, 6.07) is 10.9. The number of benzene rings is 1. The van der Waals surface area contributed by atoms with Gasteiger partial charge in [0, 0.05) is 44.3 Å². The quantitative estimate of drug-likeness (QED) is 0.705. The average Bonchev–Trinajstić information content (AvgIpc) is 3.11. The average molecular weight is 403 g/mol. The third-order valence-electron chi connectivity index (χ3n) is 5.27.